The largest absolute Gasteiger partial charge is 0.497 e. The first-order valence-corrected chi connectivity index (χ1v) is 10.2. The van der Waals surface area contributed by atoms with Gasteiger partial charge in [-0.15, -0.1) is 0 Å². The van der Waals surface area contributed by atoms with Gasteiger partial charge in [0.15, 0.2) is 0 Å². The number of aromatic nitrogens is 4. The van der Waals surface area contributed by atoms with Crippen LogP contribution in [-0.2, 0) is 26.6 Å². The summed E-state index contributed by atoms with van der Waals surface area (Å²) in [6.45, 7) is 0.912. The summed E-state index contributed by atoms with van der Waals surface area (Å²) >= 11 is 5.98. The summed E-state index contributed by atoms with van der Waals surface area (Å²) in [6.07, 6.45) is 3.71. The number of hydrogen-bond acceptors (Lipinski definition) is 4. The number of nitrogens with one attached hydrogen (secondary N) is 1. The van der Waals surface area contributed by atoms with E-state index in [1.165, 1.54) is 4.68 Å². The Kier molecular flexibility index (Phi) is 5.67. The number of hydrogen-bond donors (Lipinski definition) is 1. The van der Waals surface area contributed by atoms with Crippen LogP contribution in [0, 0.1) is 0 Å². The van der Waals surface area contributed by atoms with E-state index in [-0.39, 0.29) is 17.6 Å². The molecule has 3 aromatic rings. The van der Waals surface area contributed by atoms with Crippen LogP contribution in [0.2, 0.25) is 5.02 Å². The van der Waals surface area contributed by atoms with Crippen molar-refractivity contribution in [2.45, 2.75) is 38.4 Å². The van der Waals surface area contributed by atoms with Crippen LogP contribution < -0.4 is 15.7 Å². The standard InChI is InChI=1S/C21H24ClN5O3/c1-25-13-15(22)11-18(25)20(28)23-16-6-7-19-24-27(21(29)26(19)9-8-16)12-14-4-3-5-17(10-14)30-2/h3-5,10-11,13,16H,6-9,12H2,1-2H3,(H,23,28). The normalized spacial score (nSPS) is 16.0. The van der Waals surface area contributed by atoms with Crippen LogP contribution in [0.4, 0.5) is 0 Å². The number of ether oxygens (including phenoxy) is 1. The van der Waals surface area contributed by atoms with Crippen molar-refractivity contribution >= 4 is 17.5 Å². The molecular formula is C21H24ClN5O3. The van der Waals surface area contributed by atoms with Gasteiger partial charge in [-0.25, -0.2) is 9.48 Å². The number of methoxy groups -OCH3 is 1. The van der Waals surface area contributed by atoms with Gasteiger partial charge in [-0.2, -0.15) is 5.10 Å². The fourth-order valence-electron chi connectivity index (χ4n) is 3.83. The summed E-state index contributed by atoms with van der Waals surface area (Å²) in [5.74, 6) is 1.34. The average Bonchev–Trinajstić information content (AvgIpc) is 3.13. The molecule has 0 fully saturated rings. The molecule has 4 rings (SSSR count). The van der Waals surface area contributed by atoms with Gasteiger partial charge in [0, 0.05) is 32.3 Å². The topological polar surface area (TPSA) is 83.1 Å². The third kappa shape index (κ3) is 4.14. The summed E-state index contributed by atoms with van der Waals surface area (Å²) in [7, 11) is 3.40. The summed E-state index contributed by atoms with van der Waals surface area (Å²) in [4.78, 5) is 25.4. The number of fused-ring (bicyclic) bond motifs is 1. The van der Waals surface area contributed by atoms with Crippen LogP contribution in [-0.4, -0.2) is 38.0 Å². The number of carbonyl (C=O) groups excluding carboxylic acids is 1. The van der Waals surface area contributed by atoms with Gasteiger partial charge in [0.25, 0.3) is 5.91 Å². The maximum absolute atomic E-state index is 12.8. The van der Waals surface area contributed by atoms with Crippen molar-refractivity contribution in [1.82, 2.24) is 24.2 Å². The number of halogens is 1. The predicted octanol–water partition coefficient (Wildman–Crippen LogP) is 2.23. The number of nitrogens with zero attached hydrogens (tertiary/aromatic N) is 4. The molecule has 0 aliphatic carbocycles. The molecule has 1 aliphatic rings. The lowest BCUT2D eigenvalue weighted by Crippen LogP contribution is -2.36. The SMILES string of the molecule is COc1cccc(Cn2nc3n(c2=O)CCC(NC(=O)c2cc(Cl)cn2C)CC3)c1. The molecule has 1 atom stereocenters. The van der Waals surface area contributed by atoms with Crippen LogP contribution >= 0.6 is 11.6 Å². The average molecular weight is 430 g/mol. The lowest BCUT2D eigenvalue weighted by Gasteiger charge is -2.16. The Morgan fingerprint density at radius 3 is 2.90 bits per heavy atom. The number of aryl methyl sites for hydroxylation is 2. The minimum absolute atomic E-state index is 0.0286. The smallest absolute Gasteiger partial charge is 0.346 e. The first-order chi connectivity index (χ1) is 14.4. The quantitative estimate of drug-likeness (QED) is 0.674. The van der Waals surface area contributed by atoms with Gasteiger partial charge < -0.3 is 14.6 Å². The summed E-state index contributed by atoms with van der Waals surface area (Å²) < 4.78 is 10.2. The maximum atomic E-state index is 12.8. The molecule has 0 spiro atoms. The van der Waals surface area contributed by atoms with Crippen molar-refractivity contribution in [3.63, 3.8) is 0 Å². The second-order valence-electron chi connectivity index (χ2n) is 7.51. The van der Waals surface area contributed by atoms with Gasteiger partial charge in [-0.05, 0) is 36.6 Å². The Bertz CT molecular complexity index is 1130. The molecule has 0 saturated carbocycles. The minimum Gasteiger partial charge on any atom is -0.497 e. The molecule has 1 aliphatic heterocycles. The molecule has 1 unspecified atom stereocenters. The van der Waals surface area contributed by atoms with E-state index >= 15 is 0 Å². The first kappa shape index (κ1) is 20.3. The van der Waals surface area contributed by atoms with Crippen molar-refractivity contribution in [2.75, 3.05) is 7.11 Å². The van der Waals surface area contributed by atoms with E-state index < -0.39 is 0 Å². The Balaban J connectivity index is 1.44. The summed E-state index contributed by atoms with van der Waals surface area (Å²) in [5, 5.41) is 8.13. The van der Waals surface area contributed by atoms with Crippen LogP contribution in [0.5, 0.6) is 5.75 Å². The minimum atomic E-state index is -0.163. The van der Waals surface area contributed by atoms with Crippen molar-refractivity contribution in [3.8, 4) is 5.75 Å². The Labute approximate surface area is 179 Å². The lowest BCUT2D eigenvalue weighted by atomic mass is 10.1. The fraction of sp³-hybridized carbons (Fsp3) is 0.381. The highest BCUT2D eigenvalue weighted by Gasteiger charge is 2.23. The van der Waals surface area contributed by atoms with Crippen molar-refractivity contribution < 1.29 is 9.53 Å². The molecule has 158 valence electrons. The van der Waals surface area contributed by atoms with Gasteiger partial charge >= 0.3 is 5.69 Å². The summed E-state index contributed by atoms with van der Waals surface area (Å²) in [5.41, 5.74) is 1.34. The molecule has 1 aromatic carbocycles. The number of rotatable bonds is 5. The summed E-state index contributed by atoms with van der Waals surface area (Å²) in [6, 6.07) is 9.23. The Morgan fingerprint density at radius 2 is 2.17 bits per heavy atom. The highest BCUT2D eigenvalue weighted by Crippen LogP contribution is 2.17. The van der Waals surface area contributed by atoms with Crippen LogP contribution in [0.1, 0.15) is 34.7 Å². The highest BCUT2D eigenvalue weighted by molar-refractivity contribution is 6.31. The molecule has 30 heavy (non-hydrogen) atoms. The van der Waals surface area contributed by atoms with E-state index in [2.05, 4.69) is 10.4 Å². The third-order valence-corrected chi connectivity index (χ3v) is 5.63. The molecule has 2 aromatic heterocycles. The second-order valence-corrected chi connectivity index (χ2v) is 7.95. The molecular weight excluding hydrogens is 406 g/mol. The molecule has 1 N–H and O–H groups in total. The van der Waals surface area contributed by atoms with E-state index in [4.69, 9.17) is 16.3 Å². The van der Waals surface area contributed by atoms with E-state index in [1.54, 1.807) is 35.6 Å². The molecule has 1 amide bonds. The highest BCUT2D eigenvalue weighted by atomic mass is 35.5. The molecule has 0 bridgehead atoms. The number of benzene rings is 1. The zero-order valence-corrected chi connectivity index (χ0v) is 17.7. The molecule has 0 saturated heterocycles. The lowest BCUT2D eigenvalue weighted by molar-refractivity contribution is 0.0924. The van der Waals surface area contributed by atoms with Crippen molar-refractivity contribution in [2.24, 2.45) is 7.05 Å². The van der Waals surface area contributed by atoms with E-state index in [0.717, 1.165) is 23.6 Å². The van der Waals surface area contributed by atoms with Crippen LogP contribution in [0.15, 0.2) is 41.3 Å². The number of carbonyl (C=O) groups is 1. The van der Waals surface area contributed by atoms with E-state index in [9.17, 15) is 9.59 Å². The van der Waals surface area contributed by atoms with Gasteiger partial charge in [0.2, 0.25) is 0 Å². The van der Waals surface area contributed by atoms with E-state index in [0.29, 0.717) is 36.6 Å². The zero-order valence-electron chi connectivity index (χ0n) is 17.0. The van der Waals surface area contributed by atoms with Crippen LogP contribution in [0.25, 0.3) is 0 Å². The van der Waals surface area contributed by atoms with Gasteiger partial charge in [0.1, 0.15) is 17.3 Å². The zero-order chi connectivity index (χ0) is 21.3. The first-order valence-electron chi connectivity index (χ1n) is 9.87. The molecule has 0 radical (unpaired) electrons. The van der Waals surface area contributed by atoms with Crippen molar-refractivity contribution in [1.29, 1.82) is 0 Å². The van der Waals surface area contributed by atoms with E-state index in [1.807, 2.05) is 24.3 Å². The van der Waals surface area contributed by atoms with Crippen molar-refractivity contribution in [3.05, 3.63) is 69.1 Å². The third-order valence-electron chi connectivity index (χ3n) is 5.42. The molecule has 3 heterocycles. The fourth-order valence-corrected chi connectivity index (χ4v) is 4.08. The monoisotopic (exact) mass is 429 g/mol. The Hall–Kier alpha value is -3.00. The number of amides is 1. The molecule has 8 nitrogen and oxygen atoms in total. The predicted molar refractivity (Wildman–Crippen MR) is 113 cm³/mol. The maximum Gasteiger partial charge on any atom is 0.346 e. The molecule has 9 heteroatoms. The second kappa shape index (κ2) is 8.39. The van der Waals surface area contributed by atoms with Gasteiger partial charge in [0.05, 0.1) is 18.7 Å². The van der Waals surface area contributed by atoms with Crippen LogP contribution in [0.3, 0.4) is 0 Å². The van der Waals surface area contributed by atoms with Gasteiger partial charge in [-0.1, -0.05) is 23.7 Å². The van der Waals surface area contributed by atoms with Gasteiger partial charge in [-0.3, -0.25) is 9.36 Å². The Morgan fingerprint density at radius 1 is 1.33 bits per heavy atom.